The van der Waals surface area contributed by atoms with Gasteiger partial charge in [0, 0.05) is 0 Å². The minimum atomic E-state index is 0.504. The first-order chi connectivity index (χ1) is 6.39. The van der Waals surface area contributed by atoms with Crippen LogP contribution in [0.25, 0.3) is 0 Å². The van der Waals surface area contributed by atoms with Crippen LogP contribution in [-0.4, -0.2) is 0 Å². The summed E-state index contributed by atoms with van der Waals surface area (Å²) in [7, 11) is 0. The van der Waals surface area contributed by atoms with Crippen LogP contribution >= 0.6 is 0 Å². The molecular formula is C14H30. The predicted octanol–water partition coefficient (Wildman–Crippen LogP) is 5.28. The van der Waals surface area contributed by atoms with E-state index in [0.717, 1.165) is 11.8 Å². The molecule has 0 saturated heterocycles. The average molecular weight is 198 g/mol. The van der Waals surface area contributed by atoms with Gasteiger partial charge >= 0.3 is 0 Å². The van der Waals surface area contributed by atoms with Crippen molar-refractivity contribution in [2.45, 2.75) is 73.6 Å². The van der Waals surface area contributed by atoms with Crippen molar-refractivity contribution in [1.82, 2.24) is 0 Å². The molecule has 0 aliphatic rings. The van der Waals surface area contributed by atoms with Gasteiger partial charge in [-0.3, -0.25) is 0 Å². The molecule has 0 spiro atoms. The van der Waals surface area contributed by atoms with Crippen LogP contribution in [0.15, 0.2) is 0 Å². The normalized spacial score (nSPS) is 16.7. The molecule has 0 bridgehead atoms. The summed E-state index contributed by atoms with van der Waals surface area (Å²) in [4.78, 5) is 0. The fourth-order valence-electron chi connectivity index (χ4n) is 2.59. The van der Waals surface area contributed by atoms with E-state index in [4.69, 9.17) is 0 Å². The van der Waals surface area contributed by atoms with E-state index in [0.29, 0.717) is 5.41 Å². The van der Waals surface area contributed by atoms with Gasteiger partial charge < -0.3 is 0 Å². The van der Waals surface area contributed by atoms with Crippen molar-refractivity contribution in [2.75, 3.05) is 0 Å². The van der Waals surface area contributed by atoms with E-state index in [2.05, 4.69) is 41.5 Å². The van der Waals surface area contributed by atoms with Crippen molar-refractivity contribution in [3.05, 3.63) is 0 Å². The van der Waals surface area contributed by atoms with Crippen molar-refractivity contribution >= 4 is 0 Å². The van der Waals surface area contributed by atoms with E-state index in [9.17, 15) is 0 Å². The molecule has 0 heteroatoms. The first-order valence-electron chi connectivity index (χ1n) is 6.39. The van der Waals surface area contributed by atoms with Gasteiger partial charge in [0.1, 0.15) is 0 Å². The van der Waals surface area contributed by atoms with Gasteiger partial charge in [-0.15, -0.1) is 0 Å². The van der Waals surface area contributed by atoms with Gasteiger partial charge in [0.25, 0.3) is 0 Å². The summed E-state index contributed by atoms with van der Waals surface area (Å²) in [5.41, 5.74) is 0.504. The summed E-state index contributed by atoms with van der Waals surface area (Å²) in [5, 5.41) is 0. The highest BCUT2D eigenvalue weighted by Crippen LogP contribution is 2.30. The lowest BCUT2D eigenvalue weighted by Crippen LogP contribution is -2.14. The third-order valence-electron chi connectivity index (χ3n) is 2.97. The van der Waals surface area contributed by atoms with Crippen LogP contribution in [0.2, 0.25) is 0 Å². The smallest absolute Gasteiger partial charge is 0.0380 e. The van der Waals surface area contributed by atoms with E-state index in [-0.39, 0.29) is 0 Å². The Bertz CT molecular complexity index is 129. The Morgan fingerprint density at radius 1 is 1.07 bits per heavy atom. The highest BCUT2D eigenvalue weighted by molar-refractivity contribution is 4.69. The topological polar surface area (TPSA) is 0 Å². The highest BCUT2D eigenvalue weighted by atomic mass is 14.2. The van der Waals surface area contributed by atoms with Crippen LogP contribution < -0.4 is 0 Å². The van der Waals surface area contributed by atoms with Crippen LogP contribution in [0, 0.1) is 17.3 Å². The molecule has 0 radical (unpaired) electrons. The molecule has 0 aliphatic heterocycles. The molecule has 2 atom stereocenters. The summed E-state index contributed by atoms with van der Waals surface area (Å²) < 4.78 is 0. The zero-order valence-electron chi connectivity index (χ0n) is 11.2. The maximum absolute atomic E-state index is 2.42. The minimum Gasteiger partial charge on any atom is -0.0654 e. The van der Waals surface area contributed by atoms with Gasteiger partial charge in [0.2, 0.25) is 0 Å². The lowest BCUT2D eigenvalue weighted by Gasteiger charge is -2.26. The maximum Gasteiger partial charge on any atom is -0.0380 e. The first-order valence-corrected chi connectivity index (χ1v) is 6.39. The molecule has 0 heterocycles. The highest BCUT2D eigenvalue weighted by Gasteiger charge is 2.17. The summed E-state index contributed by atoms with van der Waals surface area (Å²) in [6, 6.07) is 0. The fraction of sp³-hybridized carbons (Fsp3) is 1.00. The van der Waals surface area contributed by atoms with Gasteiger partial charge in [0.15, 0.2) is 0 Å². The van der Waals surface area contributed by atoms with Crippen molar-refractivity contribution in [3.63, 3.8) is 0 Å². The zero-order valence-corrected chi connectivity index (χ0v) is 11.2. The van der Waals surface area contributed by atoms with Gasteiger partial charge in [-0.05, 0) is 30.1 Å². The molecule has 2 unspecified atom stereocenters. The predicted molar refractivity (Wildman–Crippen MR) is 66.5 cm³/mol. The molecular weight excluding hydrogens is 168 g/mol. The number of hydrogen-bond acceptors (Lipinski definition) is 0. The summed E-state index contributed by atoms with van der Waals surface area (Å²) >= 11 is 0. The Morgan fingerprint density at radius 2 is 1.64 bits per heavy atom. The number of rotatable bonds is 6. The van der Waals surface area contributed by atoms with E-state index in [1.165, 1.54) is 32.1 Å². The van der Waals surface area contributed by atoms with E-state index in [1.807, 2.05) is 0 Å². The van der Waals surface area contributed by atoms with Crippen molar-refractivity contribution < 1.29 is 0 Å². The van der Waals surface area contributed by atoms with Crippen LogP contribution in [0.4, 0.5) is 0 Å². The van der Waals surface area contributed by atoms with Gasteiger partial charge in [-0.25, -0.2) is 0 Å². The van der Waals surface area contributed by atoms with E-state index in [1.54, 1.807) is 0 Å². The van der Waals surface area contributed by atoms with Gasteiger partial charge in [0.05, 0.1) is 0 Å². The quantitative estimate of drug-likeness (QED) is 0.545. The maximum atomic E-state index is 2.42. The molecule has 0 amide bonds. The van der Waals surface area contributed by atoms with E-state index >= 15 is 0 Å². The molecule has 86 valence electrons. The van der Waals surface area contributed by atoms with E-state index < -0.39 is 0 Å². The molecule has 0 aromatic rings. The zero-order chi connectivity index (χ0) is 11.2. The molecule has 0 rings (SSSR count). The number of hydrogen-bond donors (Lipinski definition) is 0. The molecule has 0 aromatic heterocycles. The van der Waals surface area contributed by atoms with Crippen molar-refractivity contribution in [3.8, 4) is 0 Å². The Hall–Kier alpha value is 0. The SMILES string of the molecule is CCCC(CC)CC(C)CC(C)(C)C. The summed E-state index contributed by atoms with van der Waals surface area (Å²) in [5.74, 6) is 1.86. The summed E-state index contributed by atoms with van der Waals surface area (Å²) in [6.45, 7) is 14.1. The Morgan fingerprint density at radius 3 is 2.00 bits per heavy atom. The van der Waals surface area contributed by atoms with Crippen LogP contribution in [0.5, 0.6) is 0 Å². The molecule has 14 heavy (non-hydrogen) atoms. The third-order valence-corrected chi connectivity index (χ3v) is 2.97. The second-order valence-corrected chi connectivity index (χ2v) is 6.17. The second kappa shape index (κ2) is 6.48. The lowest BCUT2D eigenvalue weighted by molar-refractivity contribution is 0.258. The van der Waals surface area contributed by atoms with Crippen LogP contribution in [0.3, 0.4) is 0 Å². The average Bonchev–Trinajstić information content (AvgIpc) is 2.00. The van der Waals surface area contributed by atoms with Crippen molar-refractivity contribution in [1.29, 1.82) is 0 Å². The molecule has 0 fully saturated rings. The Balaban J connectivity index is 3.84. The van der Waals surface area contributed by atoms with Gasteiger partial charge in [-0.1, -0.05) is 60.8 Å². The van der Waals surface area contributed by atoms with Gasteiger partial charge in [-0.2, -0.15) is 0 Å². The van der Waals surface area contributed by atoms with Crippen molar-refractivity contribution in [2.24, 2.45) is 17.3 Å². The van der Waals surface area contributed by atoms with Crippen LogP contribution in [-0.2, 0) is 0 Å². The molecule has 0 aliphatic carbocycles. The van der Waals surface area contributed by atoms with Crippen LogP contribution in [0.1, 0.15) is 73.6 Å². The Labute approximate surface area is 91.5 Å². The largest absolute Gasteiger partial charge is 0.0654 e. The molecule has 0 saturated carbocycles. The molecule has 0 N–H and O–H groups in total. The fourth-order valence-corrected chi connectivity index (χ4v) is 2.59. The monoisotopic (exact) mass is 198 g/mol. The molecule has 0 aromatic carbocycles. The standard InChI is InChI=1S/C14H30/c1-7-9-13(8-2)10-12(3)11-14(4,5)6/h12-13H,7-11H2,1-6H3. The minimum absolute atomic E-state index is 0.504. The lowest BCUT2D eigenvalue weighted by atomic mass is 9.80. The third kappa shape index (κ3) is 7.41. The Kier molecular flexibility index (Phi) is 6.48. The second-order valence-electron chi connectivity index (χ2n) is 6.17. The summed E-state index contributed by atoms with van der Waals surface area (Å²) in [6.07, 6.45) is 6.93. The first kappa shape index (κ1) is 14.0. The molecule has 0 nitrogen and oxygen atoms in total.